The highest BCUT2D eigenvalue weighted by Gasteiger charge is 2.33. The number of likely N-dealkylation sites (tertiary alicyclic amines) is 1. The van der Waals surface area contributed by atoms with Gasteiger partial charge >= 0.3 is 6.18 Å². The van der Waals surface area contributed by atoms with Crippen LogP contribution in [0.3, 0.4) is 0 Å². The minimum atomic E-state index is -4.49. The standard InChI is InChI=1S/C36H40F3N5O5S2/c1-23-21-50-34(42-23)31-12-7-13-44(31)35(47)27-16-26(17-29(18-27)41-22-51(2,48)49)33(46)43-30(15-24-8-4-3-5-9-24)32(45)20-40-19-25-10-6-11-28(14-25)36(37,38)39/h3-6,8-11,14,16-18,21,30-32,40-41,45H,7,12-13,15,19-20,22H2,1-2H3,(H,43,46)/t30-,31+,32+/m0/s1. The summed E-state index contributed by atoms with van der Waals surface area (Å²) in [5.74, 6) is -1.37. The summed E-state index contributed by atoms with van der Waals surface area (Å²) in [4.78, 5) is 34.1. The molecule has 51 heavy (non-hydrogen) atoms. The van der Waals surface area contributed by atoms with E-state index < -0.39 is 45.5 Å². The van der Waals surface area contributed by atoms with Crippen molar-refractivity contribution in [3.63, 3.8) is 0 Å². The van der Waals surface area contributed by atoms with Gasteiger partial charge in [0.1, 0.15) is 10.9 Å². The second-order valence-electron chi connectivity index (χ2n) is 12.7. The summed E-state index contributed by atoms with van der Waals surface area (Å²) >= 11 is 1.48. The quantitative estimate of drug-likeness (QED) is 0.136. The third-order valence-electron chi connectivity index (χ3n) is 8.43. The lowest BCUT2D eigenvalue weighted by atomic mass is 9.99. The maximum Gasteiger partial charge on any atom is 0.416 e. The first kappa shape index (κ1) is 37.9. The van der Waals surface area contributed by atoms with E-state index in [1.165, 1.54) is 35.6 Å². The van der Waals surface area contributed by atoms with Crippen molar-refractivity contribution in [2.24, 2.45) is 0 Å². The van der Waals surface area contributed by atoms with Crippen LogP contribution in [0.1, 0.15) is 67.0 Å². The summed E-state index contributed by atoms with van der Waals surface area (Å²) in [6.45, 7) is 2.37. The largest absolute Gasteiger partial charge is 0.416 e. The van der Waals surface area contributed by atoms with Crippen molar-refractivity contribution in [2.75, 3.05) is 30.5 Å². The Kier molecular flexibility index (Phi) is 12.2. The molecule has 1 fully saturated rings. The molecule has 1 aliphatic rings. The first-order valence-corrected chi connectivity index (χ1v) is 19.3. The van der Waals surface area contributed by atoms with E-state index in [0.717, 1.165) is 47.5 Å². The average Bonchev–Trinajstić information content (AvgIpc) is 3.75. The summed E-state index contributed by atoms with van der Waals surface area (Å²) in [5, 5.41) is 22.7. The van der Waals surface area contributed by atoms with E-state index in [1.807, 2.05) is 42.6 Å². The van der Waals surface area contributed by atoms with Crippen molar-refractivity contribution < 1.29 is 36.3 Å². The molecule has 1 aromatic heterocycles. The van der Waals surface area contributed by atoms with E-state index in [0.29, 0.717) is 12.1 Å². The van der Waals surface area contributed by atoms with E-state index in [1.54, 1.807) is 11.0 Å². The zero-order valence-electron chi connectivity index (χ0n) is 28.1. The van der Waals surface area contributed by atoms with E-state index in [4.69, 9.17) is 0 Å². The van der Waals surface area contributed by atoms with Crippen LogP contribution in [0.15, 0.2) is 78.2 Å². The van der Waals surface area contributed by atoms with Gasteiger partial charge in [-0.2, -0.15) is 13.2 Å². The molecule has 2 amide bonds. The van der Waals surface area contributed by atoms with Crippen LogP contribution < -0.4 is 16.0 Å². The summed E-state index contributed by atoms with van der Waals surface area (Å²) in [7, 11) is -3.46. The molecule has 0 radical (unpaired) electrons. The smallest absolute Gasteiger partial charge is 0.390 e. The van der Waals surface area contributed by atoms with Gasteiger partial charge in [0.15, 0.2) is 9.84 Å². The van der Waals surface area contributed by atoms with Crippen LogP contribution in [-0.4, -0.2) is 72.6 Å². The molecule has 0 bridgehead atoms. The lowest BCUT2D eigenvalue weighted by Crippen LogP contribution is -2.48. The van der Waals surface area contributed by atoms with Gasteiger partial charge in [-0.3, -0.25) is 9.59 Å². The van der Waals surface area contributed by atoms with Gasteiger partial charge in [0.2, 0.25) is 0 Å². The lowest BCUT2D eigenvalue weighted by molar-refractivity contribution is -0.137. The van der Waals surface area contributed by atoms with Gasteiger partial charge < -0.3 is 26.0 Å². The Morgan fingerprint density at radius 1 is 1.04 bits per heavy atom. The number of aryl methyl sites for hydroxylation is 1. The molecule has 0 spiro atoms. The number of anilines is 1. The SMILES string of the molecule is Cc1csc([C@H]2CCCN2C(=O)c2cc(NCS(C)(=O)=O)cc(C(=O)N[C@@H](Cc3ccccc3)[C@H](O)CNCc3cccc(C(F)(F)F)c3)c2)n1. The molecular weight excluding hydrogens is 704 g/mol. The van der Waals surface area contributed by atoms with Crippen LogP contribution in [0.25, 0.3) is 0 Å². The van der Waals surface area contributed by atoms with Gasteiger partial charge in [-0.1, -0.05) is 48.5 Å². The molecule has 272 valence electrons. The predicted octanol–water partition coefficient (Wildman–Crippen LogP) is 5.35. The van der Waals surface area contributed by atoms with Gasteiger partial charge in [-0.25, -0.2) is 13.4 Å². The predicted molar refractivity (Wildman–Crippen MR) is 190 cm³/mol. The van der Waals surface area contributed by atoms with Crippen molar-refractivity contribution in [3.8, 4) is 0 Å². The number of nitrogens with zero attached hydrogens (tertiary/aromatic N) is 2. The summed E-state index contributed by atoms with van der Waals surface area (Å²) < 4.78 is 63.5. The highest BCUT2D eigenvalue weighted by molar-refractivity contribution is 7.90. The number of thiazole rings is 1. The van der Waals surface area contributed by atoms with Crippen LogP contribution in [0.5, 0.6) is 0 Å². The third-order valence-corrected chi connectivity index (χ3v) is 10.2. The van der Waals surface area contributed by atoms with Crippen molar-refractivity contribution in [2.45, 2.75) is 57.1 Å². The molecule has 0 aliphatic carbocycles. The molecule has 0 unspecified atom stereocenters. The second kappa shape index (κ2) is 16.4. The minimum absolute atomic E-state index is 0.0462. The van der Waals surface area contributed by atoms with Crippen LogP contribution in [-0.2, 0) is 29.0 Å². The molecule has 3 atom stereocenters. The van der Waals surface area contributed by atoms with E-state index >= 15 is 0 Å². The van der Waals surface area contributed by atoms with Crippen molar-refractivity contribution in [1.82, 2.24) is 20.5 Å². The second-order valence-corrected chi connectivity index (χ2v) is 15.7. The maximum absolute atomic E-state index is 14.0. The van der Waals surface area contributed by atoms with E-state index in [2.05, 4.69) is 20.9 Å². The number of hydrogen-bond acceptors (Lipinski definition) is 9. The number of aromatic nitrogens is 1. The van der Waals surface area contributed by atoms with Crippen molar-refractivity contribution in [3.05, 3.63) is 117 Å². The molecule has 2 heterocycles. The number of aliphatic hydroxyl groups is 1. The van der Waals surface area contributed by atoms with Gasteiger partial charge in [-0.15, -0.1) is 11.3 Å². The van der Waals surface area contributed by atoms with Gasteiger partial charge in [0.05, 0.1) is 23.8 Å². The molecule has 3 aromatic carbocycles. The maximum atomic E-state index is 14.0. The Morgan fingerprint density at radius 3 is 2.45 bits per heavy atom. The normalized spacial score (nSPS) is 16.1. The molecule has 10 nitrogen and oxygen atoms in total. The Balaban J connectivity index is 1.37. The molecule has 4 aromatic rings. The Morgan fingerprint density at radius 2 is 1.76 bits per heavy atom. The van der Waals surface area contributed by atoms with Gasteiger partial charge in [0, 0.05) is 53.8 Å². The number of carbonyl (C=O) groups is 2. The first-order chi connectivity index (χ1) is 24.2. The van der Waals surface area contributed by atoms with Crippen LogP contribution in [0, 0.1) is 6.92 Å². The van der Waals surface area contributed by atoms with Crippen LogP contribution in [0.4, 0.5) is 18.9 Å². The molecule has 5 rings (SSSR count). The highest BCUT2D eigenvalue weighted by Crippen LogP contribution is 2.35. The monoisotopic (exact) mass is 743 g/mol. The number of amides is 2. The van der Waals surface area contributed by atoms with Gasteiger partial charge in [-0.05, 0) is 61.6 Å². The molecule has 0 saturated carbocycles. The molecule has 1 aliphatic heterocycles. The zero-order chi connectivity index (χ0) is 36.8. The fraction of sp³-hybridized carbons (Fsp3) is 0.361. The van der Waals surface area contributed by atoms with Crippen molar-refractivity contribution >= 4 is 38.7 Å². The molecule has 15 heteroatoms. The highest BCUT2D eigenvalue weighted by atomic mass is 32.2. The van der Waals surface area contributed by atoms with Crippen LogP contribution in [0.2, 0.25) is 0 Å². The summed E-state index contributed by atoms with van der Waals surface area (Å²) in [6.07, 6.45) is -2.86. The number of benzene rings is 3. The Bertz CT molecular complexity index is 1940. The number of alkyl halides is 3. The van der Waals surface area contributed by atoms with Crippen molar-refractivity contribution in [1.29, 1.82) is 0 Å². The van der Waals surface area contributed by atoms with Crippen LogP contribution >= 0.6 is 11.3 Å². The number of hydrogen-bond donors (Lipinski definition) is 4. The summed E-state index contributed by atoms with van der Waals surface area (Å²) in [6, 6.07) is 17.4. The van der Waals surface area contributed by atoms with E-state index in [-0.39, 0.29) is 48.3 Å². The molecular formula is C36H40F3N5O5S2. The Labute approximate surface area is 299 Å². The molecule has 1 saturated heterocycles. The first-order valence-electron chi connectivity index (χ1n) is 16.4. The lowest BCUT2D eigenvalue weighted by Gasteiger charge is -2.26. The number of sulfone groups is 1. The topological polar surface area (TPSA) is 141 Å². The fourth-order valence-electron chi connectivity index (χ4n) is 5.92. The fourth-order valence-corrected chi connectivity index (χ4v) is 7.30. The number of nitrogens with one attached hydrogen (secondary N) is 3. The number of rotatable bonds is 14. The summed E-state index contributed by atoms with van der Waals surface area (Å²) in [5.41, 5.74) is 1.78. The number of carbonyl (C=O) groups excluding carboxylic acids is 2. The Hall–Kier alpha value is -4.31. The molecule has 4 N–H and O–H groups in total. The number of halogens is 3. The van der Waals surface area contributed by atoms with Gasteiger partial charge in [0.25, 0.3) is 11.8 Å². The minimum Gasteiger partial charge on any atom is -0.390 e. The average molecular weight is 744 g/mol. The number of aliphatic hydroxyl groups excluding tert-OH is 1. The van der Waals surface area contributed by atoms with E-state index in [9.17, 15) is 36.3 Å². The zero-order valence-corrected chi connectivity index (χ0v) is 29.7. The third kappa shape index (κ3) is 10.6.